The van der Waals surface area contributed by atoms with E-state index in [2.05, 4.69) is 17.1 Å². The van der Waals surface area contributed by atoms with Crippen LogP contribution in [0.25, 0.3) is 6.08 Å². The van der Waals surface area contributed by atoms with E-state index in [0.717, 1.165) is 36.9 Å². The van der Waals surface area contributed by atoms with Gasteiger partial charge in [0, 0.05) is 25.2 Å². The van der Waals surface area contributed by atoms with Crippen molar-refractivity contribution in [2.24, 2.45) is 0 Å². The molecule has 2 rings (SSSR count). The lowest BCUT2D eigenvalue weighted by atomic mass is 10.00. The Bertz CT molecular complexity index is 525. The largest absolute Gasteiger partial charge is 0.497 e. The van der Waals surface area contributed by atoms with E-state index in [-0.39, 0.29) is 5.91 Å². The number of hydrogen-bond donors (Lipinski definition) is 1. The lowest BCUT2D eigenvalue weighted by molar-refractivity contribution is -0.116. The Hall–Kier alpha value is -1.81. The van der Waals surface area contributed by atoms with Gasteiger partial charge >= 0.3 is 0 Å². The van der Waals surface area contributed by atoms with Gasteiger partial charge in [0.15, 0.2) is 0 Å². The number of rotatable bonds is 8. The molecular formula is C20H30N2O2. The highest BCUT2D eigenvalue weighted by atomic mass is 16.5. The number of hydrogen-bond acceptors (Lipinski definition) is 3. The monoisotopic (exact) mass is 330 g/mol. The van der Waals surface area contributed by atoms with Crippen LogP contribution in [0.5, 0.6) is 5.75 Å². The predicted octanol–water partition coefficient (Wildman–Crippen LogP) is 3.48. The number of methoxy groups -OCH3 is 1. The number of likely N-dealkylation sites (tertiary alicyclic amines) is 1. The topological polar surface area (TPSA) is 41.6 Å². The summed E-state index contributed by atoms with van der Waals surface area (Å²) in [5.74, 6) is 0.788. The van der Waals surface area contributed by atoms with Crippen molar-refractivity contribution >= 4 is 12.0 Å². The van der Waals surface area contributed by atoms with Gasteiger partial charge in [0.1, 0.15) is 5.75 Å². The van der Waals surface area contributed by atoms with Crippen molar-refractivity contribution in [1.82, 2.24) is 10.2 Å². The number of carbonyl (C=O) groups excluding carboxylic acids is 1. The third-order valence-corrected chi connectivity index (χ3v) is 4.68. The van der Waals surface area contributed by atoms with E-state index < -0.39 is 0 Å². The first-order valence-electron chi connectivity index (χ1n) is 9.07. The number of amides is 1. The lowest BCUT2D eigenvalue weighted by Crippen LogP contribution is -2.40. The second kappa shape index (κ2) is 10.1. The highest BCUT2D eigenvalue weighted by Crippen LogP contribution is 2.19. The van der Waals surface area contributed by atoms with Crippen LogP contribution < -0.4 is 10.1 Å². The number of nitrogens with zero attached hydrogens (tertiary/aromatic N) is 1. The van der Waals surface area contributed by atoms with Crippen molar-refractivity contribution in [2.45, 2.75) is 45.1 Å². The molecule has 24 heavy (non-hydrogen) atoms. The second-order valence-electron chi connectivity index (χ2n) is 6.34. The average Bonchev–Trinajstić information content (AvgIpc) is 2.64. The summed E-state index contributed by atoms with van der Waals surface area (Å²) in [6.07, 6.45) is 9.67. The van der Waals surface area contributed by atoms with E-state index >= 15 is 0 Å². The summed E-state index contributed by atoms with van der Waals surface area (Å²) in [5, 5.41) is 2.97. The first-order valence-corrected chi connectivity index (χ1v) is 9.07. The standard InChI is InChI=1S/C20H30N2O2/c1-3-18-7-4-5-15-22(18)16-6-14-21-20(23)13-10-17-8-11-19(24-2)12-9-17/h8-13,18H,3-7,14-16H2,1-2H3,(H,21,23)/b13-10+/t18-/m0/s1. The lowest BCUT2D eigenvalue weighted by Gasteiger charge is -2.35. The van der Waals surface area contributed by atoms with Gasteiger partial charge in [-0.25, -0.2) is 0 Å². The van der Waals surface area contributed by atoms with Gasteiger partial charge < -0.3 is 15.0 Å². The molecule has 1 saturated heterocycles. The summed E-state index contributed by atoms with van der Waals surface area (Å²) in [4.78, 5) is 14.5. The molecule has 1 aliphatic rings. The quantitative estimate of drug-likeness (QED) is 0.586. The number of nitrogens with one attached hydrogen (secondary N) is 1. The Morgan fingerprint density at radius 3 is 2.83 bits per heavy atom. The Labute approximate surface area is 145 Å². The van der Waals surface area contributed by atoms with Crippen LogP contribution in [0.1, 0.15) is 44.6 Å². The molecule has 4 nitrogen and oxygen atoms in total. The maximum Gasteiger partial charge on any atom is 0.243 e. The molecule has 1 fully saturated rings. The summed E-state index contributed by atoms with van der Waals surface area (Å²) < 4.78 is 5.12. The summed E-state index contributed by atoms with van der Waals surface area (Å²) >= 11 is 0. The molecule has 1 atom stereocenters. The van der Waals surface area contributed by atoms with Gasteiger partial charge in [0.25, 0.3) is 0 Å². The van der Waals surface area contributed by atoms with Crippen molar-refractivity contribution < 1.29 is 9.53 Å². The number of piperidine rings is 1. The minimum atomic E-state index is -0.0310. The molecule has 0 saturated carbocycles. The van der Waals surface area contributed by atoms with Gasteiger partial charge in [-0.2, -0.15) is 0 Å². The number of ether oxygens (including phenoxy) is 1. The molecule has 1 aromatic carbocycles. The predicted molar refractivity (Wildman–Crippen MR) is 99.2 cm³/mol. The zero-order valence-corrected chi connectivity index (χ0v) is 15.0. The summed E-state index contributed by atoms with van der Waals surface area (Å²) in [6, 6.07) is 8.39. The van der Waals surface area contributed by atoms with Gasteiger partial charge in [-0.15, -0.1) is 0 Å². The van der Waals surface area contributed by atoms with Crippen LogP contribution in [0, 0.1) is 0 Å². The third-order valence-electron chi connectivity index (χ3n) is 4.68. The Kier molecular flexibility index (Phi) is 7.83. The minimum Gasteiger partial charge on any atom is -0.497 e. The molecule has 1 N–H and O–H groups in total. The van der Waals surface area contributed by atoms with Gasteiger partial charge in [0.05, 0.1) is 7.11 Å². The van der Waals surface area contributed by atoms with Crippen molar-refractivity contribution in [3.05, 3.63) is 35.9 Å². The van der Waals surface area contributed by atoms with E-state index in [1.165, 1.54) is 32.2 Å². The highest BCUT2D eigenvalue weighted by molar-refractivity contribution is 5.91. The highest BCUT2D eigenvalue weighted by Gasteiger charge is 2.19. The van der Waals surface area contributed by atoms with Crippen molar-refractivity contribution in [1.29, 1.82) is 0 Å². The zero-order chi connectivity index (χ0) is 17.2. The molecule has 132 valence electrons. The maximum absolute atomic E-state index is 11.9. The van der Waals surface area contributed by atoms with E-state index in [1.807, 2.05) is 30.3 Å². The molecule has 0 unspecified atom stereocenters. The van der Waals surface area contributed by atoms with Crippen molar-refractivity contribution in [3.8, 4) is 5.75 Å². The Morgan fingerprint density at radius 1 is 1.33 bits per heavy atom. The molecule has 4 heteroatoms. The van der Waals surface area contributed by atoms with Gasteiger partial charge in [-0.05, 0) is 56.0 Å². The smallest absolute Gasteiger partial charge is 0.243 e. The number of benzene rings is 1. The molecule has 1 amide bonds. The van der Waals surface area contributed by atoms with Crippen LogP contribution in [0.3, 0.4) is 0 Å². The van der Waals surface area contributed by atoms with Gasteiger partial charge in [-0.1, -0.05) is 25.5 Å². The van der Waals surface area contributed by atoms with Crippen LogP contribution in [0.2, 0.25) is 0 Å². The van der Waals surface area contributed by atoms with Crippen LogP contribution in [0.4, 0.5) is 0 Å². The van der Waals surface area contributed by atoms with Gasteiger partial charge in [0.2, 0.25) is 5.91 Å². The molecule has 1 aromatic rings. The minimum absolute atomic E-state index is 0.0310. The van der Waals surface area contributed by atoms with Crippen LogP contribution >= 0.6 is 0 Å². The van der Waals surface area contributed by atoms with E-state index in [4.69, 9.17) is 4.74 Å². The Morgan fingerprint density at radius 2 is 2.12 bits per heavy atom. The fourth-order valence-corrected chi connectivity index (χ4v) is 3.26. The zero-order valence-electron chi connectivity index (χ0n) is 15.0. The molecule has 1 aliphatic heterocycles. The van der Waals surface area contributed by atoms with Crippen LogP contribution in [-0.4, -0.2) is 43.6 Å². The molecule has 0 aliphatic carbocycles. The van der Waals surface area contributed by atoms with Crippen molar-refractivity contribution in [3.63, 3.8) is 0 Å². The fraction of sp³-hybridized carbons (Fsp3) is 0.550. The molecule has 0 radical (unpaired) electrons. The average molecular weight is 330 g/mol. The molecular weight excluding hydrogens is 300 g/mol. The van der Waals surface area contributed by atoms with E-state index in [9.17, 15) is 4.79 Å². The maximum atomic E-state index is 11.9. The number of carbonyl (C=O) groups is 1. The first-order chi connectivity index (χ1) is 11.7. The van der Waals surface area contributed by atoms with Crippen LogP contribution in [-0.2, 0) is 4.79 Å². The Balaban J connectivity index is 1.66. The molecule has 0 bridgehead atoms. The van der Waals surface area contributed by atoms with Crippen LogP contribution in [0.15, 0.2) is 30.3 Å². The normalized spacial score (nSPS) is 18.7. The third kappa shape index (κ3) is 6.00. The van der Waals surface area contributed by atoms with E-state index in [1.54, 1.807) is 13.2 Å². The second-order valence-corrected chi connectivity index (χ2v) is 6.34. The van der Waals surface area contributed by atoms with Crippen molar-refractivity contribution in [2.75, 3.05) is 26.7 Å². The first kappa shape index (κ1) is 18.5. The molecule has 1 heterocycles. The fourth-order valence-electron chi connectivity index (χ4n) is 3.26. The molecule has 0 aromatic heterocycles. The SMILES string of the molecule is CC[C@H]1CCCCN1CCCNC(=O)/C=C/c1ccc(OC)cc1. The van der Waals surface area contributed by atoms with E-state index in [0.29, 0.717) is 0 Å². The summed E-state index contributed by atoms with van der Waals surface area (Å²) in [6.45, 7) is 5.30. The molecule has 0 spiro atoms. The van der Waals surface area contributed by atoms with Gasteiger partial charge in [-0.3, -0.25) is 4.79 Å². The summed E-state index contributed by atoms with van der Waals surface area (Å²) in [7, 11) is 1.64. The summed E-state index contributed by atoms with van der Waals surface area (Å²) in [5.41, 5.74) is 0.991.